The fourth-order valence-electron chi connectivity index (χ4n) is 1.98. The Hall–Kier alpha value is -0.490. The van der Waals surface area contributed by atoms with Crippen molar-refractivity contribution in [2.75, 3.05) is 6.61 Å². The van der Waals surface area contributed by atoms with Crippen LogP contribution in [0.15, 0.2) is 16.6 Å². The van der Waals surface area contributed by atoms with Gasteiger partial charge in [-0.1, -0.05) is 0 Å². The number of phenolic OH excluding ortho intramolecular Hbond substituents is 1. The Morgan fingerprint density at radius 1 is 1.47 bits per heavy atom. The Bertz CT molecular complexity index is 440. The summed E-state index contributed by atoms with van der Waals surface area (Å²) in [5.41, 5.74) is 6.82. The van der Waals surface area contributed by atoms with Crippen LogP contribution in [0, 0.1) is 5.92 Å². The van der Waals surface area contributed by atoms with Crippen LogP contribution in [-0.4, -0.2) is 22.9 Å². The molecule has 0 radical (unpaired) electrons. The van der Waals surface area contributed by atoms with E-state index in [0.29, 0.717) is 22.7 Å². The molecule has 1 saturated carbocycles. The highest BCUT2D eigenvalue weighted by Gasteiger charge is 2.34. The summed E-state index contributed by atoms with van der Waals surface area (Å²) in [5, 5.41) is 19.9. The van der Waals surface area contributed by atoms with Gasteiger partial charge in [-0.25, -0.2) is 0 Å². The fraction of sp³-hybridized carbons (Fsp3) is 0.538. The third-order valence-electron chi connectivity index (χ3n) is 3.21. The molecule has 2 rings (SSSR count). The maximum Gasteiger partial charge on any atom is 0.172 e. The average Bonchev–Trinajstić information content (AvgIpc) is 3.17. The summed E-state index contributed by atoms with van der Waals surface area (Å²) in [6, 6.07) is 2.97. The zero-order valence-electron chi connectivity index (χ0n) is 10.7. The van der Waals surface area contributed by atoms with Crippen LogP contribution < -0.4 is 10.5 Å². The average molecular weight is 353 g/mol. The first-order chi connectivity index (χ1) is 8.54. The van der Waals surface area contributed by atoms with E-state index in [2.05, 4.69) is 15.9 Å². The van der Waals surface area contributed by atoms with Gasteiger partial charge in [0.05, 0.1) is 23.2 Å². The van der Waals surface area contributed by atoms with Gasteiger partial charge in [0, 0.05) is 0 Å². The first kappa shape index (κ1) is 16.6. The van der Waals surface area contributed by atoms with E-state index in [9.17, 15) is 10.2 Å². The molecule has 6 heteroatoms. The number of hydrogen-bond donors (Lipinski definition) is 3. The normalized spacial score (nSPS) is 17.5. The molecular weight excluding hydrogens is 334 g/mol. The van der Waals surface area contributed by atoms with Crippen molar-refractivity contribution in [1.82, 2.24) is 0 Å². The van der Waals surface area contributed by atoms with Gasteiger partial charge >= 0.3 is 0 Å². The van der Waals surface area contributed by atoms with Crippen LogP contribution in [0.25, 0.3) is 0 Å². The zero-order valence-corrected chi connectivity index (χ0v) is 13.1. The van der Waals surface area contributed by atoms with E-state index in [1.165, 1.54) is 0 Å². The molecule has 4 N–H and O–H groups in total. The third kappa shape index (κ3) is 3.75. The minimum Gasteiger partial charge on any atom is -0.503 e. The van der Waals surface area contributed by atoms with E-state index in [-0.39, 0.29) is 18.2 Å². The Balaban J connectivity index is 0.00000180. The van der Waals surface area contributed by atoms with Crippen molar-refractivity contribution in [3.8, 4) is 11.5 Å². The second-order valence-electron chi connectivity index (χ2n) is 4.64. The van der Waals surface area contributed by atoms with Crippen LogP contribution in [0.1, 0.15) is 31.4 Å². The SMILES string of the molecule is CCOc1cc([C@@H](N)[C@@H](O)C2CC2)cc(Br)c1O.Cl. The van der Waals surface area contributed by atoms with Crippen LogP contribution in [0.3, 0.4) is 0 Å². The summed E-state index contributed by atoms with van der Waals surface area (Å²) in [4.78, 5) is 0. The Labute approximate surface area is 127 Å². The lowest BCUT2D eigenvalue weighted by Crippen LogP contribution is -2.27. The van der Waals surface area contributed by atoms with Crippen LogP contribution in [0.4, 0.5) is 0 Å². The molecule has 0 bridgehead atoms. The number of aliphatic hydroxyl groups is 1. The summed E-state index contributed by atoms with van der Waals surface area (Å²) < 4.78 is 5.88. The van der Waals surface area contributed by atoms with Crippen molar-refractivity contribution >= 4 is 28.3 Å². The maximum absolute atomic E-state index is 10.0. The van der Waals surface area contributed by atoms with Crippen molar-refractivity contribution in [2.24, 2.45) is 11.7 Å². The highest BCUT2D eigenvalue weighted by Crippen LogP contribution is 2.41. The topological polar surface area (TPSA) is 75.7 Å². The summed E-state index contributed by atoms with van der Waals surface area (Å²) in [7, 11) is 0. The largest absolute Gasteiger partial charge is 0.503 e. The maximum atomic E-state index is 10.0. The number of nitrogens with two attached hydrogens (primary N) is 1. The lowest BCUT2D eigenvalue weighted by atomic mass is 9.99. The van der Waals surface area contributed by atoms with Gasteiger partial charge in [0.15, 0.2) is 11.5 Å². The zero-order chi connectivity index (χ0) is 13.3. The van der Waals surface area contributed by atoms with E-state index in [0.717, 1.165) is 18.4 Å². The Kier molecular flexibility index (Phi) is 5.92. The number of aromatic hydroxyl groups is 1. The molecule has 0 heterocycles. The second-order valence-corrected chi connectivity index (χ2v) is 5.49. The van der Waals surface area contributed by atoms with Gasteiger partial charge in [0.1, 0.15) is 0 Å². The second kappa shape index (κ2) is 6.79. The number of ether oxygens (including phenoxy) is 1. The van der Waals surface area contributed by atoms with Crippen LogP contribution >= 0.6 is 28.3 Å². The molecule has 0 aliphatic heterocycles. The molecule has 0 unspecified atom stereocenters. The standard InChI is InChI=1S/C13H18BrNO3.ClH/c1-2-18-10-6-8(5-9(14)13(10)17)11(15)12(16)7-3-4-7;/h5-7,11-12,16-17H,2-4,15H2,1H3;1H/t11-,12+;/m1./s1. The van der Waals surface area contributed by atoms with Gasteiger partial charge in [0.25, 0.3) is 0 Å². The number of halogens is 2. The molecule has 0 saturated heterocycles. The minimum absolute atomic E-state index is 0. The van der Waals surface area contributed by atoms with Crippen molar-refractivity contribution < 1.29 is 14.9 Å². The predicted molar refractivity (Wildman–Crippen MR) is 79.9 cm³/mol. The van der Waals surface area contributed by atoms with Crippen molar-refractivity contribution in [3.05, 3.63) is 22.2 Å². The van der Waals surface area contributed by atoms with Gasteiger partial charge < -0.3 is 20.7 Å². The lowest BCUT2D eigenvalue weighted by molar-refractivity contribution is 0.122. The molecule has 2 atom stereocenters. The summed E-state index contributed by atoms with van der Waals surface area (Å²) >= 11 is 3.27. The van der Waals surface area contributed by atoms with Crippen molar-refractivity contribution in [3.63, 3.8) is 0 Å². The Morgan fingerprint density at radius 2 is 2.11 bits per heavy atom. The van der Waals surface area contributed by atoms with E-state index in [1.807, 2.05) is 6.92 Å². The first-order valence-corrected chi connectivity index (χ1v) is 6.92. The lowest BCUT2D eigenvalue weighted by Gasteiger charge is -2.20. The molecule has 1 fully saturated rings. The number of phenols is 1. The summed E-state index contributed by atoms with van der Waals surface area (Å²) in [6.45, 7) is 2.31. The molecule has 4 nitrogen and oxygen atoms in total. The van der Waals surface area contributed by atoms with Gasteiger partial charge in [-0.3, -0.25) is 0 Å². The summed E-state index contributed by atoms with van der Waals surface area (Å²) in [6.07, 6.45) is 1.54. The highest BCUT2D eigenvalue weighted by atomic mass is 79.9. The third-order valence-corrected chi connectivity index (χ3v) is 3.81. The number of benzene rings is 1. The quantitative estimate of drug-likeness (QED) is 0.761. The number of aliphatic hydroxyl groups excluding tert-OH is 1. The molecule has 0 spiro atoms. The first-order valence-electron chi connectivity index (χ1n) is 6.13. The molecular formula is C13H19BrClNO3. The minimum atomic E-state index is -0.532. The molecule has 108 valence electrons. The fourth-order valence-corrected chi connectivity index (χ4v) is 2.44. The van der Waals surface area contributed by atoms with Crippen LogP contribution in [0.2, 0.25) is 0 Å². The van der Waals surface area contributed by atoms with Crippen LogP contribution in [-0.2, 0) is 0 Å². The van der Waals surface area contributed by atoms with Gasteiger partial charge in [-0.15, -0.1) is 12.4 Å². The van der Waals surface area contributed by atoms with Gasteiger partial charge in [-0.2, -0.15) is 0 Å². The van der Waals surface area contributed by atoms with Gasteiger partial charge in [0.2, 0.25) is 0 Å². The highest BCUT2D eigenvalue weighted by molar-refractivity contribution is 9.10. The molecule has 0 aromatic heterocycles. The van der Waals surface area contributed by atoms with E-state index in [4.69, 9.17) is 10.5 Å². The van der Waals surface area contributed by atoms with Crippen molar-refractivity contribution in [1.29, 1.82) is 0 Å². The molecule has 1 aliphatic carbocycles. The van der Waals surface area contributed by atoms with Gasteiger partial charge in [-0.05, 0) is 59.3 Å². The molecule has 1 aromatic carbocycles. The van der Waals surface area contributed by atoms with E-state index >= 15 is 0 Å². The molecule has 1 aromatic rings. The van der Waals surface area contributed by atoms with E-state index < -0.39 is 12.1 Å². The van der Waals surface area contributed by atoms with Crippen molar-refractivity contribution in [2.45, 2.75) is 31.9 Å². The molecule has 19 heavy (non-hydrogen) atoms. The molecule has 1 aliphatic rings. The number of rotatable bonds is 5. The Morgan fingerprint density at radius 3 is 2.63 bits per heavy atom. The number of hydrogen-bond acceptors (Lipinski definition) is 4. The summed E-state index contributed by atoms with van der Waals surface area (Å²) in [5.74, 6) is 0.761. The van der Waals surface area contributed by atoms with Crippen LogP contribution in [0.5, 0.6) is 11.5 Å². The monoisotopic (exact) mass is 351 g/mol. The predicted octanol–water partition coefficient (Wildman–Crippen LogP) is 2.75. The smallest absolute Gasteiger partial charge is 0.172 e. The van der Waals surface area contributed by atoms with E-state index in [1.54, 1.807) is 12.1 Å². The molecule has 0 amide bonds.